The first-order valence-corrected chi connectivity index (χ1v) is 21.0. The lowest BCUT2D eigenvalue weighted by molar-refractivity contribution is -0.148. The van der Waals surface area contributed by atoms with Gasteiger partial charge in [0, 0.05) is 25.7 Å². The minimum absolute atomic E-state index is 0.0438. The topological polar surface area (TPSA) is 207 Å². The van der Waals surface area contributed by atoms with Gasteiger partial charge >= 0.3 is 0 Å². The molecule has 5 fully saturated rings. The Hall–Kier alpha value is -2.81. The minimum Gasteiger partial charge on any atom is -0.375 e. The quantitative estimate of drug-likeness (QED) is 0.190. The van der Waals surface area contributed by atoms with Gasteiger partial charge in [-0.25, -0.2) is 0 Å². The molecule has 7 atom stereocenters. The predicted octanol–water partition coefficient (Wildman–Crippen LogP) is 2.01. The van der Waals surface area contributed by atoms with Crippen LogP contribution in [0.25, 0.3) is 0 Å². The van der Waals surface area contributed by atoms with Gasteiger partial charge in [0.1, 0.15) is 24.2 Å². The number of hydrogen-bond acceptors (Lipinski definition) is 9. The van der Waals surface area contributed by atoms with Crippen LogP contribution in [-0.2, 0) is 33.4 Å². The van der Waals surface area contributed by atoms with E-state index < -0.39 is 65.9 Å². The average Bonchev–Trinajstić information content (AvgIpc) is 3.38. The van der Waals surface area contributed by atoms with E-state index in [4.69, 9.17) is 20.9 Å². The third-order valence-electron chi connectivity index (χ3n) is 13.1. The van der Waals surface area contributed by atoms with Crippen molar-refractivity contribution in [2.24, 2.45) is 34.6 Å². The van der Waals surface area contributed by atoms with Gasteiger partial charge in [-0.15, -0.1) is 0 Å². The van der Waals surface area contributed by atoms with Crippen LogP contribution in [0.1, 0.15) is 124 Å². The molecule has 54 heavy (non-hydrogen) atoms. The number of hydrogen-bond donors (Lipinski definition) is 6. The monoisotopic (exact) mass is 760 g/mol. The molecule has 0 unspecified atom stereocenters. The van der Waals surface area contributed by atoms with Crippen molar-refractivity contribution in [2.75, 3.05) is 26.8 Å². The van der Waals surface area contributed by atoms with Gasteiger partial charge in [-0.1, -0.05) is 52.4 Å². The van der Waals surface area contributed by atoms with E-state index in [1.165, 1.54) is 24.2 Å². The Balaban J connectivity index is 1.42. The molecule has 0 aromatic heterocycles. The molecule has 0 radical (unpaired) electrons. The molecule has 1 heterocycles. The molecule has 0 aromatic carbocycles. The van der Waals surface area contributed by atoms with E-state index >= 15 is 0 Å². The highest BCUT2D eigenvalue weighted by atomic mass is 16.5. The van der Waals surface area contributed by atoms with Crippen molar-refractivity contribution in [3.63, 3.8) is 0 Å². The highest BCUT2D eigenvalue weighted by Gasteiger charge is 2.49. The highest BCUT2D eigenvalue weighted by Crippen LogP contribution is 2.60. The number of ether oxygens (including phenoxy) is 2. The van der Waals surface area contributed by atoms with Crippen LogP contribution in [0.5, 0.6) is 0 Å². The molecule has 0 aromatic rings. The summed E-state index contributed by atoms with van der Waals surface area (Å²) < 4.78 is 12.5. The average molecular weight is 760 g/mol. The van der Waals surface area contributed by atoms with E-state index in [-0.39, 0.29) is 43.7 Å². The summed E-state index contributed by atoms with van der Waals surface area (Å²) in [5, 5.41) is 11.6. The molecule has 1 spiro atoms. The summed E-state index contributed by atoms with van der Waals surface area (Å²) in [5.41, 5.74) is 12.5. The molecule has 5 rings (SSSR count). The first kappa shape index (κ1) is 42.3. The second kappa shape index (κ2) is 19.4. The lowest BCUT2D eigenvalue weighted by Gasteiger charge is -2.55. The number of likely N-dealkylation sites (N-methyl/N-ethyl adjacent to an activating group) is 1. The van der Waals surface area contributed by atoms with Gasteiger partial charge in [-0.05, 0) is 88.4 Å². The van der Waals surface area contributed by atoms with E-state index in [0.717, 1.165) is 51.4 Å². The number of amides is 5. The first-order valence-electron chi connectivity index (χ1n) is 21.0. The van der Waals surface area contributed by atoms with Crippen LogP contribution in [0.3, 0.4) is 0 Å². The third kappa shape index (κ3) is 10.7. The Kier molecular flexibility index (Phi) is 15.2. The number of carbonyl (C=O) groups excluding carboxylic acids is 5. The summed E-state index contributed by atoms with van der Waals surface area (Å²) in [6.07, 6.45) is 14.1. The maximum Gasteiger partial charge on any atom is 0.245 e. The summed E-state index contributed by atoms with van der Waals surface area (Å²) >= 11 is 0. The van der Waals surface area contributed by atoms with Crippen molar-refractivity contribution in [2.45, 2.75) is 172 Å². The summed E-state index contributed by atoms with van der Waals surface area (Å²) in [6, 6.07) is -4.38. The van der Waals surface area contributed by atoms with E-state index in [1.807, 2.05) is 20.8 Å². The maximum absolute atomic E-state index is 14.3. The fourth-order valence-corrected chi connectivity index (χ4v) is 9.44. The van der Waals surface area contributed by atoms with Crippen molar-refractivity contribution in [3.05, 3.63) is 0 Å². The van der Waals surface area contributed by atoms with Crippen molar-refractivity contribution in [3.8, 4) is 0 Å². The van der Waals surface area contributed by atoms with Gasteiger partial charge in [0.05, 0.1) is 31.3 Å². The Bertz CT molecular complexity index is 1290. The van der Waals surface area contributed by atoms with Gasteiger partial charge in [0.15, 0.2) is 0 Å². The van der Waals surface area contributed by atoms with Gasteiger partial charge < -0.3 is 47.1 Å². The standard InChI is InChI=1S/C40H69N7O7/c1-5-11-32-37(50)46-34(27-12-8-6-7-9-13-27)38(51)44-30(21-41)35(48)45-31(23-53-29-17-28(42)18-29)36(49)43-24(2)22-54-33(25(3)39(52)47(32)4)16-26-19-40(20-26)14-10-15-40/h24-34H,5-23,41-42H2,1-4H3,(H,43,49)(H,44,51)(H,45,48)(H,46,50)/t24-,25-,28?,29?,30+,31+,32+,33-,34+/m1/s1. The lowest BCUT2D eigenvalue weighted by Crippen LogP contribution is -2.62. The van der Waals surface area contributed by atoms with Crippen molar-refractivity contribution in [1.82, 2.24) is 26.2 Å². The molecule has 14 nitrogen and oxygen atoms in total. The Morgan fingerprint density at radius 1 is 0.852 bits per heavy atom. The summed E-state index contributed by atoms with van der Waals surface area (Å²) in [7, 11) is 1.67. The van der Waals surface area contributed by atoms with Crippen LogP contribution in [0, 0.1) is 23.2 Å². The van der Waals surface area contributed by atoms with Gasteiger partial charge in [-0.2, -0.15) is 0 Å². The molecule has 1 saturated heterocycles. The first-order chi connectivity index (χ1) is 25.8. The van der Waals surface area contributed by atoms with Crippen molar-refractivity contribution in [1.29, 1.82) is 0 Å². The van der Waals surface area contributed by atoms with Crippen LogP contribution in [0.4, 0.5) is 0 Å². The largest absolute Gasteiger partial charge is 0.375 e. The van der Waals surface area contributed by atoms with Gasteiger partial charge in [0.25, 0.3) is 0 Å². The van der Waals surface area contributed by atoms with Crippen LogP contribution in [0.2, 0.25) is 0 Å². The van der Waals surface area contributed by atoms with E-state index in [2.05, 4.69) is 21.3 Å². The normalized spacial score (nSPS) is 35.5. The van der Waals surface area contributed by atoms with Crippen LogP contribution < -0.4 is 32.7 Å². The molecule has 4 saturated carbocycles. The van der Waals surface area contributed by atoms with Crippen molar-refractivity contribution >= 4 is 29.5 Å². The summed E-state index contributed by atoms with van der Waals surface area (Å²) in [4.78, 5) is 71.7. The highest BCUT2D eigenvalue weighted by molar-refractivity contribution is 5.96. The van der Waals surface area contributed by atoms with Crippen LogP contribution in [-0.4, -0.2) is 110 Å². The molecular weight excluding hydrogens is 690 g/mol. The van der Waals surface area contributed by atoms with Crippen LogP contribution >= 0.6 is 0 Å². The number of rotatable bonds is 9. The van der Waals surface area contributed by atoms with Gasteiger partial charge in [-0.3, -0.25) is 24.0 Å². The second-order valence-electron chi connectivity index (χ2n) is 17.5. The lowest BCUT2D eigenvalue weighted by atomic mass is 9.51. The smallest absolute Gasteiger partial charge is 0.245 e. The molecular formula is C40H69N7O7. The predicted molar refractivity (Wildman–Crippen MR) is 205 cm³/mol. The number of carbonyl (C=O) groups is 5. The fourth-order valence-electron chi connectivity index (χ4n) is 9.44. The third-order valence-corrected chi connectivity index (χ3v) is 13.1. The number of nitrogens with zero attached hydrogens (tertiary/aromatic N) is 1. The SMILES string of the molecule is CCC[C@H]1C(=O)N[C@@H](C2CCCCCC2)C(=O)N[C@@H](CN)C(=O)N[C@@H](COC2CC(N)C2)C(=O)N[C@H](C)CO[C@H](CC2CC3(CCC3)C2)[C@@H](C)C(=O)N1C. The molecule has 8 N–H and O–H groups in total. The fraction of sp³-hybridized carbons (Fsp3) is 0.875. The van der Waals surface area contributed by atoms with E-state index in [0.29, 0.717) is 43.4 Å². The maximum atomic E-state index is 14.3. The van der Waals surface area contributed by atoms with Gasteiger partial charge in [0.2, 0.25) is 29.5 Å². The Morgan fingerprint density at radius 2 is 1.50 bits per heavy atom. The summed E-state index contributed by atoms with van der Waals surface area (Å²) in [5.74, 6) is -2.44. The van der Waals surface area contributed by atoms with Crippen LogP contribution in [0.15, 0.2) is 0 Å². The molecule has 0 bridgehead atoms. The second-order valence-corrected chi connectivity index (χ2v) is 17.5. The zero-order valence-corrected chi connectivity index (χ0v) is 33.2. The van der Waals surface area contributed by atoms with E-state index in [1.54, 1.807) is 7.05 Å². The minimum atomic E-state index is -1.17. The molecule has 4 aliphatic carbocycles. The Labute approximate surface area is 322 Å². The molecule has 14 heteroatoms. The molecule has 306 valence electrons. The van der Waals surface area contributed by atoms with Crippen molar-refractivity contribution < 1.29 is 33.4 Å². The zero-order chi connectivity index (χ0) is 39.0. The van der Waals surface area contributed by atoms with E-state index in [9.17, 15) is 24.0 Å². The number of nitrogens with one attached hydrogen (secondary N) is 4. The molecule has 5 aliphatic rings. The molecule has 5 amide bonds. The Morgan fingerprint density at radius 3 is 2.09 bits per heavy atom. The molecule has 1 aliphatic heterocycles. The number of nitrogens with two attached hydrogens (primary N) is 2. The zero-order valence-electron chi connectivity index (χ0n) is 33.2. The summed E-state index contributed by atoms with van der Waals surface area (Å²) in [6.45, 7) is 5.51.